The zero-order chi connectivity index (χ0) is 22.9. The van der Waals surface area contributed by atoms with Gasteiger partial charge in [0, 0.05) is 30.1 Å². The first-order chi connectivity index (χ1) is 16.0. The van der Waals surface area contributed by atoms with Gasteiger partial charge in [0.25, 0.3) is 11.7 Å². The Balaban J connectivity index is 1.65. The molecule has 7 heteroatoms. The lowest BCUT2D eigenvalue weighted by Crippen LogP contribution is -2.29. The number of likely N-dealkylation sites (tertiary alicyclic amines) is 1. The minimum Gasteiger partial charge on any atom is -0.507 e. The maximum atomic E-state index is 14.9. The van der Waals surface area contributed by atoms with E-state index in [-0.39, 0.29) is 23.4 Å². The van der Waals surface area contributed by atoms with Gasteiger partial charge in [-0.15, -0.1) is 0 Å². The summed E-state index contributed by atoms with van der Waals surface area (Å²) < 4.78 is 20.5. The number of carbonyl (C=O) groups excluding carboxylic acids is 2. The monoisotopic (exact) mass is 444 g/mol. The first-order valence-corrected chi connectivity index (χ1v) is 10.7. The average Bonchev–Trinajstić information content (AvgIpc) is 3.09. The Labute approximate surface area is 190 Å². The van der Waals surface area contributed by atoms with Crippen molar-refractivity contribution >= 4 is 17.4 Å². The highest BCUT2D eigenvalue weighted by atomic mass is 19.1. The molecule has 3 heterocycles. The van der Waals surface area contributed by atoms with Crippen molar-refractivity contribution in [3.63, 3.8) is 0 Å². The molecular formula is C26H21FN2O4. The molecule has 1 unspecified atom stereocenters. The molecule has 3 aromatic rings. The molecule has 0 aliphatic carbocycles. The Kier molecular flexibility index (Phi) is 5.38. The molecule has 1 aromatic heterocycles. The van der Waals surface area contributed by atoms with E-state index in [9.17, 15) is 19.1 Å². The number of benzene rings is 2. The Morgan fingerprint density at radius 3 is 2.79 bits per heavy atom. The topological polar surface area (TPSA) is 79.7 Å². The molecule has 0 bridgehead atoms. The van der Waals surface area contributed by atoms with Gasteiger partial charge in [-0.05, 0) is 54.3 Å². The highest BCUT2D eigenvalue weighted by Crippen LogP contribution is 2.41. The number of nitrogens with zero attached hydrogens (tertiary/aromatic N) is 2. The summed E-state index contributed by atoms with van der Waals surface area (Å²) in [5.74, 6) is -1.80. The normalized spacial score (nSPS) is 19.3. The van der Waals surface area contributed by atoms with Crippen LogP contribution in [0.5, 0.6) is 5.75 Å². The van der Waals surface area contributed by atoms with Crippen molar-refractivity contribution in [3.8, 4) is 5.75 Å². The van der Waals surface area contributed by atoms with Crippen LogP contribution in [-0.4, -0.2) is 33.3 Å². The van der Waals surface area contributed by atoms with E-state index in [1.54, 1.807) is 48.8 Å². The van der Waals surface area contributed by atoms with Crippen molar-refractivity contribution in [2.24, 2.45) is 0 Å². The highest BCUT2D eigenvalue weighted by Gasteiger charge is 2.47. The molecule has 166 valence electrons. The maximum Gasteiger partial charge on any atom is 0.295 e. The summed E-state index contributed by atoms with van der Waals surface area (Å²) in [7, 11) is 0. The number of ether oxygens (including phenoxy) is 1. The van der Waals surface area contributed by atoms with Crippen molar-refractivity contribution in [2.75, 3.05) is 6.61 Å². The van der Waals surface area contributed by atoms with Crippen molar-refractivity contribution in [2.45, 2.75) is 25.4 Å². The van der Waals surface area contributed by atoms with Crippen molar-refractivity contribution in [3.05, 3.63) is 101 Å². The summed E-state index contributed by atoms with van der Waals surface area (Å²) in [4.78, 5) is 31.5. The van der Waals surface area contributed by atoms with Crippen LogP contribution in [0, 0.1) is 5.82 Å². The van der Waals surface area contributed by atoms with Gasteiger partial charge in [0.15, 0.2) is 0 Å². The van der Waals surface area contributed by atoms with Crippen LogP contribution in [-0.2, 0) is 22.6 Å². The van der Waals surface area contributed by atoms with E-state index in [1.807, 2.05) is 0 Å². The fourth-order valence-electron chi connectivity index (χ4n) is 4.41. The number of amides is 1. The summed E-state index contributed by atoms with van der Waals surface area (Å²) >= 11 is 0. The summed E-state index contributed by atoms with van der Waals surface area (Å²) in [6, 6.07) is 13.5. The number of hydrogen-bond acceptors (Lipinski definition) is 5. The first-order valence-electron chi connectivity index (χ1n) is 10.7. The molecule has 1 saturated heterocycles. The number of carbonyl (C=O) groups is 2. The predicted molar refractivity (Wildman–Crippen MR) is 119 cm³/mol. The van der Waals surface area contributed by atoms with Crippen LogP contribution in [0.3, 0.4) is 0 Å². The number of Topliss-reactive ketones (excluding diaryl/α,β-unsaturated/α-hetero) is 1. The van der Waals surface area contributed by atoms with Gasteiger partial charge in [0.2, 0.25) is 0 Å². The van der Waals surface area contributed by atoms with E-state index in [0.29, 0.717) is 17.7 Å². The summed E-state index contributed by atoms with van der Waals surface area (Å²) in [5, 5.41) is 11.2. The molecule has 0 radical (unpaired) electrons. The zero-order valence-electron chi connectivity index (χ0n) is 17.7. The second-order valence-corrected chi connectivity index (χ2v) is 8.08. The predicted octanol–water partition coefficient (Wildman–Crippen LogP) is 4.17. The molecule has 33 heavy (non-hydrogen) atoms. The molecule has 5 rings (SSSR count). The molecular weight excluding hydrogens is 423 g/mol. The third-order valence-electron chi connectivity index (χ3n) is 6.00. The second kappa shape index (κ2) is 8.50. The van der Waals surface area contributed by atoms with Gasteiger partial charge >= 0.3 is 0 Å². The van der Waals surface area contributed by atoms with Crippen LogP contribution in [0.4, 0.5) is 4.39 Å². The van der Waals surface area contributed by atoms with Crippen molar-refractivity contribution in [1.29, 1.82) is 0 Å². The Morgan fingerprint density at radius 2 is 2.00 bits per heavy atom. The van der Waals surface area contributed by atoms with Gasteiger partial charge in [-0.3, -0.25) is 14.6 Å². The number of pyridine rings is 1. The van der Waals surface area contributed by atoms with E-state index in [0.717, 1.165) is 24.2 Å². The number of aliphatic hydroxyl groups is 1. The molecule has 1 fully saturated rings. The van der Waals surface area contributed by atoms with Crippen LogP contribution in [0.15, 0.2) is 72.6 Å². The minimum atomic E-state index is -1.07. The largest absolute Gasteiger partial charge is 0.507 e. The molecule has 0 saturated carbocycles. The molecule has 2 aromatic carbocycles. The number of aryl methyl sites for hydroxylation is 1. The smallest absolute Gasteiger partial charge is 0.295 e. The van der Waals surface area contributed by atoms with Crippen molar-refractivity contribution in [1.82, 2.24) is 9.88 Å². The lowest BCUT2D eigenvalue weighted by Gasteiger charge is -2.25. The number of aromatic nitrogens is 1. The van der Waals surface area contributed by atoms with E-state index < -0.39 is 23.5 Å². The lowest BCUT2D eigenvalue weighted by molar-refractivity contribution is -0.140. The van der Waals surface area contributed by atoms with E-state index >= 15 is 0 Å². The summed E-state index contributed by atoms with van der Waals surface area (Å²) in [6.45, 7) is 0.678. The number of ketones is 1. The van der Waals surface area contributed by atoms with E-state index in [4.69, 9.17) is 4.74 Å². The number of halogens is 1. The fraction of sp³-hybridized carbons (Fsp3) is 0.192. The molecule has 6 nitrogen and oxygen atoms in total. The first kappa shape index (κ1) is 20.9. The van der Waals surface area contributed by atoms with Crippen LogP contribution in [0.25, 0.3) is 5.76 Å². The van der Waals surface area contributed by atoms with Gasteiger partial charge in [-0.2, -0.15) is 0 Å². The highest BCUT2D eigenvalue weighted by molar-refractivity contribution is 6.46. The van der Waals surface area contributed by atoms with Gasteiger partial charge in [-0.1, -0.05) is 24.3 Å². The number of rotatable bonds is 4. The third kappa shape index (κ3) is 3.75. The van der Waals surface area contributed by atoms with Gasteiger partial charge in [0.05, 0.1) is 18.2 Å². The average molecular weight is 444 g/mol. The van der Waals surface area contributed by atoms with E-state index in [1.165, 1.54) is 23.1 Å². The Bertz CT molecular complexity index is 1270. The van der Waals surface area contributed by atoms with E-state index in [2.05, 4.69) is 4.98 Å². The SMILES string of the molecule is O=C1C(=O)N(Cc2cccnc2)C(c2ccccc2F)/C1=C(\O)c1ccc2c(c1)CCCO2. The van der Waals surface area contributed by atoms with Crippen LogP contribution >= 0.6 is 0 Å². The zero-order valence-corrected chi connectivity index (χ0v) is 17.7. The number of fused-ring (bicyclic) bond motifs is 1. The van der Waals surface area contributed by atoms with Gasteiger partial charge in [0.1, 0.15) is 17.3 Å². The minimum absolute atomic E-state index is 0.0478. The molecule has 2 aliphatic rings. The summed E-state index contributed by atoms with van der Waals surface area (Å²) in [6.07, 6.45) is 4.82. The molecule has 1 amide bonds. The van der Waals surface area contributed by atoms with Crippen molar-refractivity contribution < 1.29 is 23.8 Å². The van der Waals surface area contributed by atoms with Crippen LogP contribution < -0.4 is 4.74 Å². The Hall–Kier alpha value is -4.00. The number of hydrogen-bond donors (Lipinski definition) is 1. The molecule has 1 atom stereocenters. The Morgan fingerprint density at radius 1 is 1.15 bits per heavy atom. The lowest BCUT2D eigenvalue weighted by atomic mass is 9.93. The maximum absolute atomic E-state index is 14.9. The number of aliphatic hydroxyl groups excluding tert-OH is 1. The summed E-state index contributed by atoms with van der Waals surface area (Å²) in [5.41, 5.74) is 2.00. The molecule has 1 N–H and O–H groups in total. The molecule has 2 aliphatic heterocycles. The molecule has 0 spiro atoms. The van der Waals surface area contributed by atoms with Gasteiger partial charge in [-0.25, -0.2) is 4.39 Å². The van der Waals surface area contributed by atoms with Crippen LogP contribution in [0.1, 0.15) is 34.7 Å². The fourth-order valence-corrected chi connectivity index (χ4v) is 4.41. The van der Waals surface area contributed by atoms with Crippen LogP contribution in [0.2, 0.25) is 0 Å². The quantitative estimate of drug-likeness (QED) is 0.371. The van der Waals surface area contributed by atoms with Gasteiger partial charge < -0.3 is 14.7 Å². The second-order valence-electron chi connectivity index (χ2n) is 8.08. The standard InChI is InChI=1S/C26H21FN2O4/c27-20-8-2-1-7-19(20)23-22(24(30)18-9-10-21-17(13-18)6-4-12-33-21)25(31)26(32)29(23)15-16-5-3-11-28-14-16/h1-3,5,7-11,13-14,23,30H,4,6,12,15H2/b24-22+. The third-order valence-corrected chi connectivity index (χ3v) is 6.00.